The van der Waals surface area contributed by atoms with E-state index < -0.39 is 17.6 Å². The monoisotopic (exact) mass is 213 g/mol. The van der Waals surface area contributed by atoms with E-state index in [-0.39, 0.29) is 6.54 Å². The molecule has 0 amide bonds. The molecule has 0 saturated carbocycles. The first kappa shape index (κ1) is 10.2. The van der Waals surface area contributed by atoms with E-state index in [0.717, 1.165) is 0 Å². The van der Waals surface area contributed by atoms with Crippen molar-refractivity contribution >= 4 is 5.97 Å². The van der Waals surface area contributed by atoms with Crippen molar-refractivity contribution in [3.05, 3.63) is 24.2 Å². The van der Waals surface area contributed by atoms with Crippen LogP contribution < -0.4 is 5.32 Å². The van der Waals surface area contributed by atoms with Gasteiger partial charge < -0.3 is 14.5 Å². The molecule has 0 aromatic carbocycles. The van der Waals surface area contributed by atoms with Gasteiger partial charge in [0.25, 0.3) is 0 Å². The maximum atomic E-state index is 14.4. The van der Waals surface area contributed by atoms with Crippen LogP contribution in [0.3, 0.4) is 0 Å². The molecule has 1 aliphatic heterocycles. The topological polar surface area (TPSA) is 51.5 Å². The Morgan fingerprint density at radius 1 is 1.80 bits per heavy atom. The van der Waals surface area contributed by atoms with Gasteiger partial charge in [-0.25, -0.2) is 9.18 Å². The van der Waals surface area contributed by atoms with Gasteiger partial charge in [-0.2, -0.15) is 0 Å². The van der Waals surface area contributed by atoms with Crippen LogP contribution in [-0.4, -0.2) is 31.8 Å². The molecule has 2 rings (SSSR count). The molecular formula is C10H12FNO3. The van der Waals surface area contributed by atoms with E-state index in [1.54, 1.807) is 6.07 Å². The number of esters is 1. The van der Waals surface area contributed by atoms with Crippen molar-refractivity contribution in [1.82, 2.24) is 5.32 Å². The highest BCUT2D eigenvalue weighted by molar-refractivity contribution is 5.81. The number of nitrogens with one attached hydrogen (secondary N) is 1. The first-order valence-corrected chi connectivity index (χ1v) is 4.68. The Morgan fingerprint density at radius 2 is 2.60 bits per heavy atom. The van der Waals surface area contributed by atoms with E-state index in [1.165, 1.54) is 19.6 Å². The smallest absolute Gasteiger partial charge is 0.345 e. The summed E-state index contributed by atoms with van der Waals surface area (Å²) in [5.74, 6) is -1.37. The number of hydrogen-bond acceptors (Lipinski definition) is 4. The van der Waals surface area contributed by atoms with Gasteiger partial charge in [0, 0.05) is 19.0 Å². The van der Waals surface area contributed by atoms with Crippen molar-refractivity contribution in [1.29, 1.82) is 0 Å². The van der Waals surface area contributed by atoms with Crippen LogP contribution in [0.25, 0.3) is 0 Å². The van der Waals surface area contributed by atoms with Gasteiger partial charge in [-0.15, -0.1) is 0 Å². The molecule has 2 atom stereocenters. The minimum atomic E-state index is -1.99. The summed E-state index contributed by atoms with van der Waals surface area (Å²) >= 11 is 0. The fraction of sp³-hybridized carbons (Fsp3) is 0.500. The van der Waals surface area contributed by atoms with E-state index >= 15 is 0 Å². The molecule has 2 unspecified atom stereocenters. The molecule has 15 heavy (non-hydrogen) atoms. The predicted molar refractivity (Wildman–Crippen MR) is 50.2 cm³/mol. The van der Waals surface area contributed by atoms with Gasteiger partial charge in [-0.3, -0.25) is 0 Å². The van der Waals surface area contributed by atoms with Crippen LogP contribution in [0.15, 0.2) is 23.0 Å². The fourth-order valence-electron chi connectivity index (χ4n) is 1.92. The molecule has 0 bridgehead atoms. The van der Waals surface area contributed by atoms with Gasteiger partial charge in [0.2, 0.25) is 5.67 Å². The summed E-state index contributed by atoms with van der Waals surface area (Å²) in [6.45, 7) is 0.390. The number of ether oxygens (including phenoxy) is 1. The highest BCUT2D eigenvalue weighted by Gasteiger charge is 2.52. The van der Waals surface area contributed by atoms with Crippen LogP contribution in [0.2, 0.25) is 0 Å². The Kier molecular flexibility index (Phi) is 2.48. The second-order valence-electron chi connectivity index (χ2n) is 3.59. The number of hydrogen-bond donors (Lipinski definition) is 1. The zero-order valence-corrected chi connectivity index (χ0v) is 8.33. The lowest BCUT2D eigenvalue weighted by Gasteiger charge is -2.22. The van der Waals surface area contributed by atoms with E-state index in [4.69, 9.17) is 4.42 Å². The van der Waals surface area contributed by atoms with Gasteiger partial charge in [0.1, 0.15) is 0 Å². The second kappa shape index (κ2) is 3.66. The fourth-order valence-corrected chi connectivity index (χ4v) is 1.92. The number of carbonyl (C=O) groups excluding carboxylic acids is 1. The number of carbonyl (C=O) groups is 1. The molecule has 82 valence electrons. The average molecular weight is 213 g/mol. The maximum absolute atomic E-state index is 14.4. The van der Waals surface area contributed by atoms with Crippen molar-refractivity contribution in [2.45, 2.75) is 11.6 Å². The molecule has 4 nitrogen and oxygen atoms in total. The molecule has 2 heterocycles. The summed E-state index contributed by atoms with van der Waals surface area (Å²) < 4.78 is 23.7. The summed E-state index contributed by atoms with van der Waals surface area (Å²) in [5.41, 5.74) is -1.31. The number of alkyl halides is 1. The van der Waals surface area contributed by atoms with E-state index in [9.17, 15) is 9.18 Å². The van der Waals surface area contributed by atoms with E-state index in [1.807, 2.05) is 0 Å². The Labute approximate surface area is 86.4 Å². The number of rotatable bonds is 2. The number of furan rings is 1. The highest BCUT2D eigenvalue weighted by Crippen LogP contribution is 2.36. The standard InChI is InChI=1S/C10H12FNO3/c1-14-9(13)10(11)6-12-4-8(10)7-2-3-15-5-7/h2-3,5,8,12H,4,6H2,1H3. The third kappa shape index (κ3) is 1.52. The molecule has 1 fully saturated rings. The van der Waals surface area contributed by atoms with Crippen molar-refractivity contribution in [3.8, 4) is 0 Å². The first-order valence-electron chi connectivity index (χ1n) is 4.68. The van der Waals surface area contributed by atoms with Crippen LogP contribution in [0.1, 0.15) is 11.5 Å². The third-order valence-electron chi connectivity index (χ3n) is 2.75. The van der Waals surface area contributed by atoms with Crippen LogP contribution in [0, 0.1) is 0 Å². The van der Waals surface area contributed by atoms with Crippen LogP contribution in [0.5, 0.6) is 0 Å². The molecule has 1 aromatic heterocycles. The molecule has 0 aliphatic carbocycles. The predicted octanol–water partition coefficient (Wildman–Crippen LogP) is 0.848. The van der Waals surface area contributed by atoms with Crippen molar-refractivity contribution < 1.29 is 18.3 Å². The number of halogens is 1. The quantitative estimate of drug-likeness (QED) is 0.740. The Hall–Kier alpha value is -1.36. The lowest BCUT2D eigenvalue weighted by atomic mass is 9.88. The summed E-state index contributed by atoms with van der Waals surface area (Å²) in [7, 11) is 1.19. The van der Waals surface area contributed by atoms with Gasteiger partial charge in [0.05, 0.1) is 19.6 Å². The lowest BCUT2D eigenvalue weighted by Crippen LogP contribution is -2.41. The van der Waals surface area contributed by atoms with E-state index in [2.05, 4.69) is 10.1 Å². The largest absolute Gasteiger partial charge is 0.472 e. The van der Waals surface area contributed by atoms with E-state index in [0.29, 0.717) is 12.1 Å². The summed E-state index contributed by atoms with van der Waals surface area (Å²) in [6, 6.07) is 1.66. The summed E-state index contributed by atoms with van der Waals surface area (Å²) in [4.78, 5) is 11.4. The normalized spacial score (nSPS) is 30.4. The molecule has 1 saturated heterocycles. The molecule has 0 radical (unpaired) electrons. The number of methoxy groups -OCH3 is 1. The first-order chi connectivity index (χ1) is 7.18. The summed E-state index contributed by atoms with van der Waals surface area (Å²) in [5, 5.41) is 2.85. The Balaban J connectivity index is 2.29. The Bertz CT molecular complexity index is 352. The molecule has 5 heteroatoms. The molecular weight excluding hydrogens is 201 g/mol. The SMILES string of the molecule is COC(=O)C1(F)CNCC1c1ccoc1. The maximum Gasteiger partial charge on any atom is 0.345 e. The lowest BCUT2D eigenvalue weighted by molar-refractivity contribution is -0.154. The Morgan fingerprint density at radius 3 is 3.20 bits per heavy atom. The minimum Gasteiger partial charge on any atom is -0.472 e. The minimum absolute atomic E-state index is 0.0183. The van der Waals surface area contributed by atoms with Gasteiger partial charge in [-0.1, -0.05) is 0 Å². The summed E-state index contributed by atoms with van der Waals surface area (Å²) in [6.07, 6.45) is 2.92. The molecule has 0 spiro atoms. The molecule has 1 N–H and O–H groups in total. The van der Waals surface area contributed by atoms with Crippen molar-refractivity contribution in [3.63, 3.8) is 0 Å². The van der Waals surface area contributed by atoms with Crippen LogP contribution in [0.4, 0.5) is 4.39 Å². The van der Waals surface area contributed by atoms with Crippen molar-refractivity contribution in [2.75, 3.05) is 20.2 Å². The zero-order valence-electron chi connectivity index (χ0n) is 8.33. The van der Waals surface area contributed by atoms with Crippen LogP contribution >= 0.6 is 0 Å². The van der Waals surface area contributed by atoms with Crippen LogP contribution in [-0.2, 0) is 9.53 Å². The van der Waals surface area contributed by atoms with Gasteiger partial charge >= 0.3 is 5.97 Å². The molecule has 1 aromatic rings. The average Bonchev–Trinajstić information content (AvgIpc) is 2.85. The molecule has 1 aliphatic rings. The van der Waals surface area contributed by atoms with Gasteiger partial charge in [-0.05, 0) is 11.6 Å². The zero-order chi connectivity index (χ0) is 10.9. The van der Waals surface area contributed by atoms with Gasteiger partial charge in [0.15, 0.2) is 0 Å². The van der Waals surface area contributed by atoms with Crippen molar-refractivity contribution in [2.24, 2.45) is 0 Å². The second-order valence-corrected chi connectivity index (χ2v) is 3.59. The third-order valence-corrected chi connectivity index (χ3v) is 2.75. The highest BCUT2D eigenvalue weighted by atomic mass is 19.1.